The second kappa shape index (κ2) is 7.24. The predicted octanol–water partition coefficient (Wildman–Crippen LogP) is 3.11. The minimum atomic E-state index is -0.237. The Labute approximate surface area is 145 Å². The van der Waals surface area contributed by atoms with E-state index < -0.39 is 0 Å². The third kappa shape index (κ3) is 3.50. The van der Waals surface area contributed by atoms with Gasteiger partial charge in [-0.2, -0.15) is 0 Å². The lowest BCUT2D eigenvalue weighted by atomic mass is 9.94. The second-order valence-electron chi connectivity index (χ2n) is 5.10. The largest absolute Gasteiger partial charge is 0.351 e. The van der Waals surface area contributed by atoms with Crippen LogP contribution < -0.4 is 10.6 Å². The number of carbonyl (C=O) groups is 1. The van der Waals surface area contributed by atoms with Crippen LogP contribution in [0.5, 0.6) is 0 Å². The van der Waals surface area contributed by atoms with E-state index in [4.69, 9.17) is 12.2 Å². The number of thiocarbonyl (C=S) groups is 1. The molecular formula is C16H20BrN3OS. The van der Waals surface area contributed by atoms with E-state index in [1.807, 2.05) is 49.9 Å². The summed E-state index contributed by atoms with van der Waals surface area (Å²) in [5.41, 5.74) is 2.54. The van der Waals surface area contributed by atoms with Gasteiger partial charge in [0.25, 0.3) is 5.91 Å². The first-order valence-corrected chi connectivity index (χ1v) is 8.51. The maximum atomic E-state index is 12.9. The molecule has 0 unspecified atom stereocenters. The monoisotopic (exact) mass is 381 g/mol. The molecule has 0 bridgehead atoms. The molecule has 1 atom stereocenters. The van der Waals surface area contributed by atoms with E-state index in [9.17, 15) is 4.79 Å². The molecule has 1 aliphatic rings. The van der Waals surface area contributed by atoms with Gasteiger partial charge in [0.2, 0.25) is 0 Å². The Morgan fingerprint density at radius 2 is 2.05 bits per heavy atom. The summed E-state index contributed by atoms with van der Waals surface area (Å²) in [6, 6.07) is 7.69. The van der Waals surface area contributed by atoms with Crippen molar-refractivity contribution in [1.82, 2.24) is 15.5 Å². The number of nitrogens with zero attached hydrogens (tertiary/aromatic N) is 1. The van der Waals surface area contributed by atoms with Crippen LogP contribution in [-0.2, 0) is 4.79 Å². The van der Waals surface area contributed by atoms with Gasteiger partial charge >= 0.3 is 0 Å². The van der Waals surface area contributed by atoms with Gasteiger partial charge in [0.05, 0.1) is 11.6 Å². The molecule has 1 heterocycles. The van der Waals surface area contributed by atoms with E-state index in [1.165, 1.54) is 0 Å². The van der Waals surface area contributed by atoms with Crippen LogP contribution in [0, 0.1) is 0 Å². The van der Waals surface area contributed by atoms with Gasteiger partial charge in [-0.05, 0) is 50.7 Å². The standard InChI is InChI=1S/C16H20BrN3OS/c1-4-20(5-2)15(21)13-10(3)18-16(22)19-14(13)11-7-6-8-12(17)9-11/h6-9,14H,4-5H2,1-3H3,(H2,18,19,22)/t14-/m0/s1. The minimum Gasteiger partial charge on any atom is -0.351 e. The van der Waals surface area contributed by atoms with E-state index in [0.717, 1.165) is 21.3 Å². The first-order valence-electron chi connectivity index (χ1n) is 7.30. The molecule has 1 aromatic carbocycles. The highest BCUT2D eigenvalue weighted by atomic mass is 79.9. The van der Waals surface area contributed by atoms with Crippen molar-refractivity contribution >= 4 is 39.2 Å². The van der Waals surface area contributed by atoms with E-state index in [0.29, 0.717) is 18.2 Å². The zero-order valence-electron chi connectivity index (χ0n) is 12.9. The molecule has 1 amide bonds. The van der Waals surface area contributed by atoms with Crippen LogP contribution >= 0.6 is 28.1 Å². The molecule has 22 heavy (non-hydrogen) atoms. The number of amides is 1. The molecule has 2 N–H and O–H groups in total. The number of benzene rings is 1. The Bertz CT molecular complexity index is 626. The van der Waals surface area contributed by atoms with E-state index >= 15 is 0 Å². The fourth-order valence-corrected chi connectivity index (χ4v) is 3.28. The van der Waals surface area contributed by atoms with Gasteiger partial charge in [-0.25, -0.2) is 0 Å². The Balaban J connectivity index is 2.47. The van der Waals surface area contributed by atoms with Crippen molar-refractivity contribution in [2.45, 2.75) is 26.8 Å². The third-order valence-corrected chi connectivity index (χ3v) is 4.45. The Morgan fingerprint density at radius 1 is 1.36 bits per heavy atom. The number of rotatable bonds is 4. The zero-order valence-corrected chi connectivity index (χ0v) is 15.3. The number of hydrogen-bond acceptors (Lipinski definition) is 2. The average molecular weight is 382 g/mol. The van der Waals surface area contributed by atoms with Crippen LogP contribution in [0.15, 0.2) is 40.0 Å². The highest BCUT2D eigenvalue weighted by molar-refractivity contribution is 9.10. The number of allylic oxidation sites excluding steroid dienone is 1. The van der Waals surface area contributed by atoms with Crippen LogP contribution in [0.25, 0.3) is 0 Å². The molecule has 1 aliphatic heterocycles. The summed E-state index contributed by atoms with van der Waals surface area (Å²) in [6.45, 7) is 7.23. The van der Waals surface area contributed by atoms with Gasteiger partial charge in [0, 0.05) is 23.3 Å². The van der Waals surface area contributed by atoms with Crippen molar-refractivity contribution < 1.29 is 4.79 Å². The number of carbonyl (C=O) groups excluding carboxylic acids is 1. The Kier molecular flexibility index (Phi) is 5.58. The van der Waals surface area contributed by atoms with Crippen molar-refractivity contribution in [3.05, 3.63) is 45.6 Å². The first kappa shape index (κ1) is 17.0. The van der Waals surface area contributed by atoms with Gasteiger partial charge in [-0.15, -0.1) is 0 Å². The number of likely N-dealkylation sites (N-methyl/N-ethyl adjacent to an activating group) is 1. The van der Waals surface area contributed by atoms with Crippen molar-refractivity contribution in [2.75, 3.05) is 13.1 Å². The van der Waals surface area contributed by atoms with E-state index in [2.05, 4.69) is 26.6 Å². The third-order valence-electron chi connectivity index (χ3n) is 3.73. The zero-order chi connectivity index (χ0) is 16.3. The lowest BCUT2D eigenvalue weighted by Crippen LogP contribution is -2.47. The van der Waals surface area contributed by atoms with Crippen molar-refractivity contribution in [3.63, 3.8) is 0 Å². The van der Waals surface area contributed by atoms with Gasteiger partial charge in [0.1, 0.15) is 0 Å². The van der Waals surface area contributed by atoms with Gasteiger partial charge in [-0.3, -0.25) is 4.79 Å². The van der Waals surface area contributed by atoms with Crippen LogP contribution in [0.3, 0.4) is 0 Å². The summed E-state index contributed by atoms with van der Waals surface area (Å²) in [4.78, 5) is 14.7. The number of halogens is 1. The molecule has 6 heteroatoms. The second-order valence-corrected chi connectivity index (χ2v) is 6.43. The minimum absolute atomic E-state index is 0.0370. The number of nitrogens with one attached hydrogen (secondary N) is 2. The lowest BCUT2D eigenvalue weighted by molar-refractivity contribution is -0.127. The van der Waals surface area contributed by atoms with Crippen molar-refractivity contribution in [2.24, 2.45) is 0 Å². The molecule has 0 fully saturated rings. The fraction of sp³-hybridized carbons (Fsp3) is 0.375. The van der Waals surface area contributed by atoms with Crippen LogP contribution in [-0.4, -0.2) is 29.0 Å². The van der Waals surface area contributed by atoms with E-state index in [1.54, 1.807) is 0 Å². The SMILES string of the molecule is CCN(CC)C(=O)C1=C(C)NC(=S)N[C@H]1c1cccc(Br)c1. The van der Waals surface area contributed by atoms with E-state index in [-0.39, 0.29) is 11.9 Å². The Hall–Kier alpha value is -1.40. The van der Waals surface area contributed by atoms with Crippen LogP contribution in [0.4, 0.5) is 0 Å². The van der Waals surface area contributed by atoms with Crippen LogP contribution in [0.2, 0.25) is 0 Å². The predicted molar refractivity (Wildman–Crippen MR) is 96.4 cm³/mol. The maximum Gasteiger partial charge on any atom is 0.253 e. The normalized spacial score (nSPS) is 17.8. The van der Waals surface area contributed by atoms with Gasteiger partial charge < -0.3 is 15.5 Å². The molecular weight excluding hydrogens is 362 g/mol. The molecule has 0 radical (unpaired) electrons. The van der Waals surface area contributed by atoms with Gasteiger partial charge in [0.15, 0.2) is 5.11 Å². The molecule has 0 aliphatic carbocycles. The van der Waals surface area contributed by atoms with Crippen LogP contribution in [0.1, 0.15) is 32.4 Å². The Morgan fingerprint density at radius 3 is 2.64 bits per heavy atom. The highest BCUT2D eigenvalue weighted by Gasteiger charge is 2.31. The summed E-state index contributed by atoms with van der Waals surface area (Å²) in [7, 11) is 0. The summed E-state index contributed by atoms with van der Waals surface area (Å²) in [6.07, 6.45) is 0. The first-order chi connectivity index (χ1) is 10.5. The smallest absolute Gasteiger partial charge is 0.253 e. The summed E-state index contributed by atoms with van der Waals surface area (Å²) in [5.74, 6) is 0.0370. The quantitative estimate of drug-likeness (QED) is 0.786. The fourth-order valence-electron chi connectivity index (χ4n) is 2.59. The molecule has 4 nitrogen and oxygen atoms in total. The molecule has 2 rings (SSSR count). The number of hydrogen-bond donors (Lipinski definition) is 2. The van der Waals surface area contributed by atoms with Gasteiger partial charge in [-0.1, -0.05) is 28.1 Å². The summed E-state index contributed by atoms with van der Waals surface area (Å²) in [5, 5.41) is 6.83. The molecule has 0 saturated heterocycles. The summed E-state index contributed by atoms with van der Waals surface area (Å²) < 4.78 is 0.976. The van der Waals surface area contributed by atoms with Crippen molar-refractivity contribution in [3.8, 4) is 0 Å². The topological polar surface area (TPSA) is 44.4 Å². The molecule has 0 saturated carbocycles. The average Bonchev–Trinajstić information content (AvgIpc) is 2.47. The summed E-state index contributed by atoms with van der Waals surface area (Å²) >= 11 is 8.75. The maximum absolute atomic E-state index is 12.9. The highest BCUT2D eigenvalue weighted by Crippen LogP contribution is 2.29. The molecule has 0 aromatic heterocycles. The molecule has 1 aromatic rings. The lowest BCUT2D eigenvalue weighted by Gasteiger charge is -2.33. The molecule has 118 valence electrons. The molecule has 0 spiro atoms. The van der Waals surface area contributed by atoms with Crippen molar-refractivity contribution in [1.29, 1.82) is 0 Å².